The zero-order valence-electron chi connectivity index (χ0n) is 12.3. The van der Waals surface area contributed by atoms with Gasteiger partial charge in [-0.25, -0.2) is 0 Å². The van der Waals surface area contributed by atoms with Gasteiger partial charge < -0.3 is 5.32 Å². The molecule has 0 aliphatic heterocycles. The van der Waals surface area contributed by atoms with E-state index in [-0.39, 0.29) is 11.9 Å². The Morgan fingerprint density at radius 1 is 1.35 bits per heavy atom. The summed E-state index contributed by atoms with van der Waals surface area (Å²) in [6.07, 6.45) is 3.82. The van der Waals surface area contributed by atoms with Gasteiger partial charge in [-0.05, 0) is 38.5 Å². The van der Waals surface area contributed by atoms with Gasteiger partial charge in [-0.1, -0.05) is 0 Å². The van der Waals surface area contributed by atoms with Crippen molar-refractivity contribution in [2.45, 2.75) is 33.2 Å². The van der Waals surface area contributed by atoms with Crippen LogP contribution in [0.15, 0.2) is 24.5 Å². The Balaban J connectivity index is 2.03. The molecule has 2 heterocycles. The molecule has 1 atom stereocenters. The maximum Gasteiger partial charge on any atom is 0.225 e. The second-order valence-corrected chi connectivity index (χ2v) is 5.02. The number of nitrogens with one attached hydrogen (secondary N) is 1. The third kappa shape index (κ3) is 3.04. The summed E-state index contributed by atoms with van der Waals surface area (Å²) in [7, 11) is 1.89. The predicted octanol–water partition coefficient (Wildman–Crippen LogP) is 1.85. The second-order valence-electron chi connectivity index (χ2n) is 5.02. The van der Waals surface area contributed by atoms with E-state index in [2.05, 4.69) is 15.4 Å². The van der Waals surface area contributed by atoms with Crippen LogP contribution >= 0.6 is 0 Å². The van der Waals surface area contributed by atoms with E-state index in [4.69, 9.17) is 0 Å². The van der Waals surface area contributed by atoms with Crippen molar-refractivity contribution in [2.24, 2.45) is 7.05 Å². The first-order chi connectivity index (χ1) is 9.49. The first-order valence-electron chi connectivity index (χ1n) is 6.67. The molecule has 2 aromatic heterocycles. The molecule has 5 nitrogen and oxygen atoms in total. The average molecular weight is 272 g/mol. The maximum atomic E-state index is 12.1. The molecular formula is C15H20N4O. The highest BCUT2D eigenvalue weighted by Crippen LogP contribution is 2.14. The first kappa shape index (κ1) is 14.2. The van der Waals surface area contributed by atoms with Crippen LogP contribution in [-0.2, 0) is 18.3 Å². The molecule has 2 aromatic rings. The molecular weight excluding hydrogens is 252 g/mol. The summed E-state index contributed by atoms with van der Waals surface area (Å²) in [5.41, 5.74) is 4.01. The second kappa shape index (κ2) is 5.86. The molecule has 0 bridgehead atoms. The summed E-state index contributed by atoms with van der Waals surface area (Å²) in [5.74, 6) is 0.00788. The van der Waals surface area contributed by atoms with Gasteiger partial charge in [0.05, 0.1) is 18.2 Å². The van der Waals surface area contributed by atoms with Gasteiger partial charge in [-0.3, -0.25) is 14.5 Å². The Hall–Kier alpha value is -2.17. The van der Waals surface area contributed by atoms with Crippen LogP contribution in [0.4, 0.5) is 0 Å². The van der Waals surface area contributed by atoms with Crippen LogP contribution in [0.25, 0.3) is 0 Å². The minimum absolute atomic E-state index is 0.00788. The molecule has 2 rings (SSSR count). The molecule has 0 aliphatic rings. The Bertz CT molecular complexity index is 604. The van der Waals surface area contributed by atoms with Crippen LogP contribution in [0, 0.1) is 13.8 Å². The fraction of sp³-hybridized carbons (Fsp3) is 0.400. The number of aromatic nitrogens is 3. The van der Waals surface area contributed by atoms with Crippen molar-refractivity contribution in [2.75, 3.05) is 0 Å². The molecule has 0 fully saturated rings. The van der Waals surface area contributed by atoms with E-state index < -0.39 is 0 Å². The summed E-state index contributed by atoms with van der Waals surface area (Å²) in [6.45, 7) is 5.88. The van der Waals surface area contributed by atoms with Crippen molar-refractivity contribution < 1.29 is 4.79 Å². The molecule has 1 N–H and O–H groups in total. The van der Waals surface area contributed by atoms with Crippen molar-refractivity contribution in [3.8, 4) is 0 Å². The van der Waals surface area contributed by atoms with E-state index in [1.165, 1.54) is 0 Å². The number of amides is 1. The summed E-state index contributed by atoms with van der Waals surface area (Å²) in [4.78, 5) is 16.1. The number of rotatable bonds is 4. The third-order valence-corrected chi connectivity index (χ3v) is 3.58. The third-order valence-electron chi connectivity index (χ3n) is 3.58. The molecule has 0 unspecified atom stereocenters. The molecule has 0 aliphatic carbocycles. The van der Waals surface area contributed by atoms with Crippen LogP contribution in [0.5, 0.6) is 0 Å². The maximum absolute atomic E-state index is 12.1. The standard InChI is InChI=1S/C15H20N4O/c1-10(13-5-7-16-8-6-13)17-15(20)9-14-11(2)18-19(4)12(14)3/h5-8,10H,9H2,1-4H3,(H,17,20)/t10-/m1/s1. The lowest BCUT2D eigenvalue weighted by atomic mass is 10.1. The van der Waals surface area contributed by atoms with Crippen molar-refractivity contribution >= 4 is 5.91 Å². The highest BCUT2D eigenvalue weighted by atomic mass is 16.1. The van der Waals surface area contributed by atoms with Gasteiger partial charge in [0.15, 0.2) is 0 Å². The van der Waals surface area contributed by atoms with E-state index in [0.717, 1.165) is 22.5 Å². The Labute approximate surface area is 119 Å². The Kier molecular flexibility index (Phi) is 4.17. The minimum atomic E-state index is -0.0252. The summed E-state index contributed by atoms with van der Waals surface area (Å²) >= 11 is 0. The monoisotopic (exact) mass is 272 g/mol. The summed E-state index contributed by atoms with van der Waals surface area (Å²) in [5, 5.41) is 7.33. The highest BCUT2D eigenvalue weighted by molar-refractivity contribution is 5.79. The zero-order valence-corrected chi connectivity index (χ0v) is 12.3. The van der Waals surface area contributed by atoms with Crippen LogP contribution in [-0.4, -0.2) is 20.7 Å². The summed E-state index contributed by atoms with van der Waals surface area (Å²) < 4.78 is 1.81. The molecule has 0 saturated heterocycles. The van der Waals surface area contributed by atoms with Gasteiger partial charge in [-0.15, -0.1) is 0 Å². The lowest BCUT2D eigenvalue weighted by Crippen LogP contribution is -2.28. The Morgan fingerprint density at radius 3 is 2.55 bits per heavy atom. The van der Waals surface area contributed by atoms with Crippen molar-refractivity contribution in [3.63, 3.8) is 0 Å². The normalized spacial score (nSPS) is 12.2. The van der Waals surface area contributed by atoms with Crippen LogP contribution in [0.2, 0.25) is 0 Å². The topological polar surface area (TPSA) is 59.8 Å². The fourth-order valence-corrected chi connectivity index (χ4v) is 2.26. The number of carbonyl (C=O) groups excluding carboxylic acids is 1. The average Bonchev–Trinajstić information content (AvgIpc) is 2.66. The molecule has 1 amide bonds. The number of hydrogen-bond donors (Lipinski definition) is 1. The quantitative estimate of drug-likeness (QED) is 0.924. The van der Waals surface area contributed by atoms with Gasteiger partial charge >= 0.3 is 0 Å². The molecule has 0 spiro atoms. The van der Waals surface area contributed by atoms with Crippen LogP contribution < -0.4 is 5.32 Å². The van der Waals surface area contributed by atoms with Gasteiger partial charge in [0.25, 0.3) is 0 Å². The van der Waals surface area contributed by atoms with E-state index in [9.17, 15) is 4.79 Å². The first-order valence-corrected chi connectivity index (χ1v) is 6.67. The highest BCUT2D eigenvalue weighted by Gasteiger charge is 2.15. The lowest BCUT2D eigenvalue weighted by molar-refractivity contribution is -0.121. The lowest BCUT2D eigenvalue weighted by Gasteiger charge is -2.14. The Morgan fingerprint density at radius 2 is 2.00 bits per heavy atom. The number of nitrogens with zero attached hydrogens (tertiary/aromatic N) is 3. The number of pyridine rings is 1. The van der Waals surface area contributed by atoms with Gasteiger partial charge in [0.2, 0.25) is 5.91 Å². The van der Waals surface area contributed by atoms with Crippen LogP contribution in [0.3, 0.4) is 0 Å². The SMILES string of the molecule is Cc1nn(C)c(C)c1CC(=O)N[C@H](C)c1ccncc1. The van der Waals surface area contributed by atoms with E-state index in [1.807, 2.05) is 44.6 Å². The van der Waals surface area contributed by atoms with Crippen molar-refractivity contribution in [3.05, 3.63) is 47.0 Å². The van der Waals surface area contributed by atoms with E-state index >= 15 is 0 Å². The molecule has 0 aromatic carbocycles. The molecule has 106 valence electrons. The minimum Gasteiger partial charge on any atom is -0.349 e. The summed E-state index contributed by atoms with van der Waals surface area (Å²) in [6, 6.07) is 3.79. The smallest absolute Gasteiger partial charge is 0.225 e. The van der Waals surface area contributed by atoms with E-state index in [0.29, 0.717) is 6.42 Å². The number of hydrogen-bond acceptors (Lipinski definition) is 3. The fourth-order valence-electron chi connectivity index (χ4n) is 2.26. The van der Waals surface area contributed by atoms with Crippen molar-refractivity contribution in [1.82, 2.24) is 20.1 Å². The van der Waals surface area contributed by atoms with Gasteiger partial charge in [-0.2, -0.15) is 5.10 Å². The molecule has 20 heavy (non-hydrogen) atoms. The largest absolute Gasteiger partial charge is 0.349 e. The van der Waals surface area contributed by atoms with Crippen molar-refractivity contribution in [1.29, 1.82) is 0 Å². The molecule has 5 heteroatoms. The molecule has 0 saturated carbocycles. The number of aryl methyl sites for hydroxylation is 2. The predicted molar refractivity (Wildman–Crippen MR) is 77.2 cm³/mol. The molecule has 0 radical (unpaired) electrons. The van der Waals surface area contributed by atoms with E-state index in [1.54, 1.807) is 12.4 Å². The zero-order chi connectivity index (χ0) is 14.7. The van der Waals surface area contributed by atoms with Gasteiger partial charge in [0.1, 0.15) is 0 Å². The van der Waals surface area contributed by atoms with Crippen LogP contribution in [0.1, 0.15) is 35.5 Å². The number of carbonyl (C=O) groups is 1. The van der Waals surface area contributed by atoms with Gasteiger partial charge in [0, 0.05) is 30.7 Å².